The molecule has 0 aliphatic heterocycles. The molecule has 0 aliphatic carbocycles. The van der Waals surface area contributed by atoms with E-state index in [1.54, 1.807) is 6.07 Å². The van der Waals surface area contributed by atoms with Crippen LogP contribution < -0.4 is 5.73 Å². The standard InChI is InChI=1S/C12H11BrF2N2/c1-5-3-8-10(6(2)11(5)13)7(16)4-9(17-8)12(14)15/h3-4,12H,1-2H3,(H2,16,17). The fourth-order valence-corrected chi connectivity index (χ4v) is 2.22. The van der Waals surface area contributed by atoms with E-state index in [0.717, 1.165) is 21.0 Å². The lowest BCUT2D eigenvalue weighted by atomic mass is 10.0. The molecule has 90 valence electrons. The minimum Gasteiger partial charge on any atom is -0.398 e. The van der Waals surface area contributed by atoms with Crippen molar-refractivity contribution in [3.8, 4) is 0 Å². The average molecular weight is 301 g/mol. The largest absolute Gasteiger partial charge is 0.398 e. The molecule has 0 aliphatic rings. The highest BCUT2D eigenvalue weighted by atomic mass is 79.9. The minimum atomic E-state index is -2.61. The Bertz CT molecular complexity index is 597. The van der Waals surface area contributed by atoms with Crippen molar-refractivity contribution in [2.75, 3.05) is 5.73 Å². The first kappa shape index (κ1) is 12.2. The number of hydrogen-bond donors (Lipinski definition) is 1. The maximum Gasteiger partial charge on any atom is 0.280 e. The van der Waals surface area contributed by atoms with Crippen LogP contribution in [-0.2, 0) is 0 Å². The Morgan fingerprint density at radius 1 is 1.29 bits per heavy atom. The van der Waals surface area contributed by atoms with Gasteiger partial charge < -0.3 is 5.73 Å². The Morgan fingerprint density at radius 3 is 2.53 bits per heavy atom. The Morgan fingerprint density at radius 2 is 1.94 bits per heavy atom. The first-order valence-corrected chi connectivity index (χ1v) is 5.85. The van der Waals surface area contributed by atoms with E-state index in [1.165, 1.54) is 6.07 Å². The number of anilines is 1. The van der Waals surface area contributed by atoms with E-state index in [9.17, 15) is 8.78 Å². The molecule has 2 N–H and O–H groups in total. The smallest absolute Gasteiger partial charge is 0.280 e. The summed E-state index contributed by atoms with van der Waals surface area (Å²) >= 11 is 3.45. The summed E-state index contributed by atoms with van der Waals surface area (Å²) in [6, 6.07) is 3.00. The third-order valence-electron chi connectivity index (χ3n) is 2.73. The Hall–Kier alpha value is -1.23. The lowest BCUT2D eigenvalue weighted by Gasteiger charge is -2.11. The second kappa shape index (κ2) is 4.22. The van der Waals surface area contributed by atoms with Crippen LogP contribution in [0.25, 0.3) is 10.9 Å². The van der Waals surface area contributed by atoms with Gasteiger partial charge in [0.2, 0.25) is 0 Å². The maximum absolute atomic E-state index is 12.6. The number of hydrogen-bond acceptors (Lipinski definition) is 2. The van der Waals surface area contributed by atoms with Gasteiger partial charge in [-0.15, -0.1) is 0 Å². The Kier molecular flexibility index (Phi) is 3.03. The SMILES string of the molecule is Cc1cc2nc(C(F)F)cc(N)c2c(C)c1Br. The highest BCUT2D eigenvalue weighted by Crippen LogP contribution is 2.33. The van der Waals surface area contributed by atoms with Gasteiger partial charge in [0.25, 0.3) is 6.43 Å². The zero-order chi connectivity index (χ0) is 12.7. The molecule has 5 heteroatoms. The van der Waals surface area contributed by atoms with Crippen molar-refractivity contribution in [2.45, 2.75) is 20.3 Å². The van der Waals surface area contributed by atoms with Gasteiger partial charge in [0.05, 0.1) is 5.52 Å². The Labute approximate surface area is 106 Å². The quantitative estimate of drug-likeness (QED) is 0.860. The normalized spacial score (nSPS) is 11.4. The van der Waals surface area contributed by atoms with Crippen LogP contribution in [0.4, 0.5) is 14.5 Å². The molecular formula is C12H11BrF2N2. The number of pyridine rings is 1. The van der Waals surface area contributed by atoms with E-state index in [0.29, 0.717) is 11.2 Å². The molecule has 0 fully saturated rings. The molecule has 2 aromatic rings. The van der Waals surface area contributed by atoms with Gasteiger partial charge in [-0.2, -0.15) is 0 Å². The van der Waals surface area contributed by atoms with Gasteiger partial charge >= 0.3 is 0 Å². The van der Waals surface area contributed by atoms with Crippen molar-refractivity contribution in [3.05, 3.63) is 33.4 Å². The molecule has 0 atom stereocenters. The minimum absolute atomic E-state index is 0.281. The van der Waals surface area contributed by atoms with Crippen LogP contribution in [-0.4, -0.2) is 4.98 Å². The third-order valence-corrected chi connectivity index (χ3v) is 3.95. The van der Waals surface area contributed by atoms with Crippen molar-refractivity contribution in [3.63, 3.8) is 0 Å². The molecule has 1 aromatic carbocycles. The van der Waals surface area contributed by atoms with E-state index in [4.69, 9.17) is 5.73 Å². The zero-order valence-electron chi connectivity index (χ0n) is 9.39. The van der Waals surface area contributed by atoms with Crippen LogP contribution >= 0.6 is 15.9 Å². The lowest BCUT2D eigenvalue weighted by molar-refractivity contribution is 0.146. The number of rotatable bonds is 1. The fourth-order valence-electron chi connectivity index (χ4n) is 1.91. The fraction of sp³-hybridized carbons (Fsp3) is 0.250. The van der Waals surface area contributed by atoms with Crippen LogP contribution in [0.5, 0.6) is 0 Å². The predicted octanol–water partition coefficient (Wildman–Crippen LogP) is 4.13. The summed E-state index contributed by atoms with van der Waals surface area (Å²) < 4.78 is 26.2. The summed E-state index contributed by atoms with van der Waals surface area (Å²) in [6.45, 7) is 3.78. The van der Waals surface area contributed by atoms with Crippen LogP contribution in [0.3, 0.4) is 0 Å². The predicted molar refractivity (Wildman–Crippen MR) is 68.3 cm³/mol. The number of nitrogen functional groups attached to an aromatic ring is 1. The van der Waals surface area contributed by atoms with Gasteiger partial charge in [-0.05, 0) is 37.1 Å². The summed E-state index contributed by atoms with van der Waals surface area (Å²) in [4.78, 5) is 3.95. The van der Waals surface area contributed by atoms with E-state index >= 15 is 0 Å². The van der Waals surface area contributed by atoms with Gasteiger partial charge in [0, 0.05) is 15.5 Å². The first-order chi connectivity index (χ1) is 7.91. The summed E-state index contributed by atoms with van der Waals surface area (Å²) in [6.07, 6.45) is -2.61. The van der Waals surface area contributed by atoms with Gasteiger partial charge in [0.15, 0.2) is 0 Å². The van der Waals surface area contributed by atoms with E-state index in [1.807, 2.05) is 13.8 Å². The second-order valence-electron chi connectivity index (χ2n) is 3.96. The second-order valence-corrected chi connectivity index (χ2v) is 4.76. The van der Waals surface area contributed by atoms with E-state index in [-0.39, 0.29) is 5.69 Å². The average Bonchev–Trinajstić information content (AvgIpc) is 2.25. The van der Waals surface area contributed by atoms with Gasteiger partial charge in [0.1, 0.15) is 5.69 Å². The number of alkyl halides is 2. The van der Waals surface area contributed by atoms with Gasteiger partial charge in [-0.25, -0.2) is 13.8 Å². The van der Waals surface area contributed by atoms with E-state index in [2.05, 4.69) is 20.9 Å². The number of nitrogens with two attached hydrogens (primary N) is 1. The zero-order valence-corrected chi connectivity index (χ0v) is 11.0. The number of halogens is 3. The van der Waals surface area contributed by atoms with Crippen LogP contribution in [0.2, 0.25) is 0 Å². The number of fused-ring (bicyclic) bond motifs is 1. The number of benzene rings is 1. The van der Waals surface area contributed by atoms with Crippen LogP contribution in [0, 0.1) is 13.8 Å². The van der Waals surface area contributed by atoms with Crippen LogP contribution in [0.1, 0.15) is 23.2 Å². The summed E-state index contributed by atoms with van der Waals surface area (Å²) in [5.41, 5.74) is 8.26. The molecule has 0 radical (unpaired) electrons. The summed E-state index contributed by atoms with van der Waals surface area (Å²) in [5.74, 6) is 0. The molecular weight excluding hydrogens is 290 g/mol. The van der Waals surface area contributed by atoms with Gasteiger partial charge in [-0.1, -0.05) is 15.9 Å². The molecule has 0 amide bonds. The summed E-state index contributed by atoms with van der Waals surface area (Å²) in [5, 5.41) is 0.729. The number of aromatic nitrogens is 1. The van der Waals surface area contributed by atoms with Crippen LogP contribution in [0.15, 0.2) is 16.6 Å². The number of aryl methyl sites for hydroxylation is 2. The Balaban J connectivity index is 2.87. The first-order valence-electron chi connectivity index (χ1n) is 5.05. The molecule has 0 saturated heterocycles. The molecule has 1 aromatic heterocycles. The molecule has 0 bridgehead atoms. The van der Waals surface area contributed by atoms with Gasteiger partial charge in [-0.3, -0.25) is 0 Å². The topological polar surface area (TPSA) is 38.9 Å². The van der Waals surface area contributed by atoms with E-state index < -0.39 is 6.43 Å². The van der Waals surface area contributed by atoms with Crippen molar-refractivity contribution >= 4 is 32.5 Å². The van der Waals surface area contributed by atoms with Crippen molar-refractivity contribution in [2.24, 2.45) is 0 Å². The molecule has 17 heavy (non-hydrogen) atoms. The van der Waals surface area contributed by atoms with Crippen molar-refractivity contribution < 1.29 is 8.78 Å². The summed E-state index contributed by atoms with van der Waals surface area (Å²) in [7, 11) is 0. The number of nitrogens with zero attached hydrogens (tertiary/aromatic N) is 1. The highest BCUT2D eigenvalue weighted by molar-refractivity contribution is 9.10. The highest BCUT2D eigenvalue weighted by Gasteiger charge is 2.15. The van der Waals surface area contributed by atoms with Crippen molar-refractivity contribution in [1.82, 2.24) is 4.98 Å². The molecule has 1 heterocycles. The molecule has 2 rings (SSSR count). The molecule has 0 saturated carbocycles. The molecule has 2 nitrogen and oxygen atoms in total. The lowest BCUT2D eigenvalue weighted by Crippen LogP contribution is -1.99. The van der Waals surface area contributed by atoms with Crippen molar-refractivity contribution in [1.29, 1.82) is 0 Å². The molecule has 0 unspecified atom stereocenters. The maximum atomic E-state index is 12.6. The molecule has 0 spiro atoms. The third kappa shape index (κ3) is 1.99. The monoisotopic (exact) mass is 300 g/mol.